The Morgan fingerprint density at radius 3 is 1.88 bits per heavy atom. The molecule has 1 fully saturated rings. The standard InChI is InChI=1S/C22H27FN2O/c1-3-20(4-2)24-13-15-25(16-14-24)21-11-7-18(8-12-21)22(26)17-5-9-19(23)10-6-17/h5-12,20H,3-4,13-16H2,1-2H3. The summed E-state index contributed by atoms with van der Waals surface area (Å²) in [5.41, 5.74) is 2.30. The van der Waals surface area contributed by atoms with Crippen molar-refractivity contribution in [2.24, 2.45) is 0 Å². The lowest BCUT2D eigenvalue weighted by Gasteiger charge is -2.39. The maximum absolute atomic E-state index is 13.0. The number of nitrogens with zero attached hydrogens (tertiary/aromatic N) is 2. The second kappa shape index (κ2) is 8.45. The third-order valence-electron chi connectivity index (χ3n) is 5.37. The number of carbonyl (C=O) groups is 1. The van der Waals surface area contributed by atoms with Crippen molar-refractivity contribution in [3.05, 3.63) is 65.5 Å². The Kier molecular flexibility index (Phi) is 6.04. The molecule has 2 aromatic carbocycles. The molecule has 0 atom stereocenters. The van der Waals surface area contributed by atoms with Crippen LogP contribution in [0.3, 0.4) is 0 Å². The highest BCUT2D eigenvalue weighted by Crippen LogP contribution is 2.21. The lowest BCUT2D eigenvalue weighted by atomic mass is 10.0. The van der Waals surface area contributed by atoms with Gasteiger partial charge in [0.25, 0.3) is 0 Å². The number of rotatable bonds is 6. The van der Waals surface area contributed by atoms with Gasteiger partial charge in [0.05, 0.1) is 0 Å². The maximum atomic E-state index is 13.0. The van der Waals surface area contributed by atoms with Gasteiger partial charge >= 0.3 is 0 Å². The number of halogens is 1. The van der Waals surface area contributed by atoms with Gasteiger partial charge in [0.1, 0.15) is 5.82 Å². The highest BCUT2D eigenvalue weighted by Gasteiger charge is 2.22. The molecule has 3 nitrogen and oxygen atoms in total. The van der Waals surface area contributed by atoms with E-state index >= 15 is 0 Å². The Morgan fingerprint density at radius 2 is 1.38 bits per heavy atom. The Bertz CT molecular complexity index is 715. The molecule has 1 saturated heterocycles. The first-order valence-electron chi connectivity index (χ1n) is 9.51. The molecule has 0 radical (unpaired) electrons. The summed E-state index contributed by atoms with van der Waals surface area (Å²) in [6, 6.07) is 14.2. The lowest BCUT2D eigenvalue weighted by molar-refractivity contribution is 0.103. The first-order valence-corrected chi connectivity index (χ1v) is 9.51. The van der Waals surface area contributed by atoms with Gasteiger partial charge in [-0.3, -0.25) is 9.69 Å². The first-order chi connectivity index (χ1) is 12.6. The summed E-state index contributed by atoms with van der Waals surface area (Å²) in [6.07, 6.45) is 2.41. The van der Waals surface area contributed by atoms with Crippen LogP contribution in [0.4, 0.5) is 10.1 Å². The van der Waals surface area contributed by atoms with E-state index in [0.29, 0.717) is 17.2 Å². The van der Waals surface area contributed by atoms with E-state index in [4.69, 9.17) is 0 Å². The largest absolute Gasteiger partial charge is 0.369 e. The summed E-state index contributed by atoms with van der Waals surface area (Å²) < 4.78 is 13.0. The van der Waals surface area contributed by atoms with Crippen LogP contribution in [-0.4, -0.2) is 42.9 Å². The van der Waals surface area contributed by atoms with Crippen LogP contribution in [0.25, 0.3) is 0 Å². The minimum Gasteiger partial charge on any atom is -0.369 e. The average Bonchev–Trinajstić information content (AvgIpc) is 2.70. The molecular formula is C22H27FN2O. The molecular weight excluding hydrogens is 327 g/mol. The quantitative estimate of drug-likeness (QED) is 0.720. The molecule has 0 aromatic heterocycles. The van der Waals surface area contributed by atoms with Crippen molar-refractivity contribution in [2.45, 2.75) is 32.7 Å². The van der Waals surface area contributed by atoms with Crippen molar-refractivity contribution in [2.75, 3.05) is 31.1 Å². The van der Waals surface area contributed by atoms with Gasteiger partial charge in [-0.15, -0.1) is 0 Å². The molecule has 0 bridgehead atoms. The highest BCUT2D eigenvalue weighted by atomic mass is 19.1. The van der Waals surface area contributed by atoms with E-state index in [1.165, 1.54) is 37.1 Å². The van der Waals surface area contributed by atoms with E-state index in [-0.39, 0.29) is 11.6 Å². The van der Waals surface area contributed by atoms with Crippen LogP contribution in [0.5, 0.6) is 0 Å². The van der Waals surface area contributed by atoms with Crippen molar-refractivity contribution in [1.29, 1.82) is 0 Å². The van der Waals surface area contributed by atoms with E-state index in [2.05, 4.69) is 23.6 Å². The molecule has 0 saturated carbocycles. The smallest absolute Gasteiger partial charge is 0.193 e. The fourth-order valence-electron chi connectivity index (χ4n) is 3.74. The molecule has 1 aliphatic rings. The number of hydrogen-bond donors (Lipinski definition) is 0. The zero-order valence-corrected chi connectivity index (χ0v) is 15.6. The van der Waals surface area contributed by atoms with Gasteiger partial charge in [-0.05, 0) is 61.4 Å². The predicted molar refractivity (Wildman–Crippen MR) is 104 cm³/mol. The topological polar surface area (TPSA) is 23.6 Å². The normalized spacial score (nSPS) is 15.5. The number of ketones is 1. The molecule has 0 spiro atoms. The molecule has 26 heavy (non-hydrogen) atoms. The zero-order chi connectivity index (χ0) is 18.5. The van der Waals surface area contributed by atoms with Crippen molar-refractivity contribution < 1.29 is 9.18 Å². The summed E-state index contributed by atoms with van der Waals surface area (Å²) in [5, 5.41) is 0. The van der Waals surface area contributed by atoms with Crippen LogP contribution in [0.15, 0.2) is 48.5 Å². The average molecular weight is 354 g/mol. The molecule has 1 heterocycles. The summed E-state index contributed by atoms with van der Waals surface area (Å²) >= 11 is 0. The monoisotopic (exact) mass is 354 g/mol. The van der Waals surface area contributed by atoms with Gasteiger partial charge in [0.2, 0.25) is 0 Å². The third kappa shape index (κ3) is 4.13. The molecule has 138 valence electrons. The molecule has 0 aliphatic carbocycles. The Balaban J connectivity index is 1.63. The predicted octanol–water partition coefficient (Wildman–Crippen LogP) is 4.37. The Labute approximate surface area is 155 Å². The van der Waals surface area contributed by atoms with E-state index in [0.717, 1.165) is 31.9 Å². The minimum atomic E-state index is -0.329. The highest BCUT2D eigenvalue weighted by molar-refractivity contribution is 6.09. The SMILES string of the molecule is CCC(CC)N1CCN(c2ccc(C(=O)c3ccc(F)cc3)cc2)CC1. The van der Waals surface area contributed by atoms with Crippen LogP contribution >= 0.6 is 0 Å². The van der Waals surface area contributed by atoms with E-state index in [1.54, 1.807) is 0 Å². The van der Waals surface area contributed by atoms with Crippen molar-refractivity contribution in [3.63, 3.8) is 0 Å². The van der Waals surface area contributed by atoms with Crippen molar-refractivity contribution in [1.82, 2.24) is 4.90 Å². The van der Waals surface area contributed by atoms with Gasteiger partial charge < -0.3 is 4.90 Å². The zero-order valence-electron chi connectivity index (χ0n) is 15.6. The van der Waals surface area contributed by atoms with Gasteiger partial charge in [0, 0.05) is 49.0 Å². The van der Waals surface area contributed by atoms with Crippen molar-refractivity contribution in [3.8, 4) is 0 Å². The molecule has 3 rings (SSSR count). The summed E-state index contributed by atoms with van der Waals surface area (Å²) in [4.78, 5) is 17.5. The Morgan fingerprint density at radius 1 is 0.885 bits per heavy atom. The van der Waals surface area contributed by atoms with E-state index in [9.17, 15) is 9.18 Å². The van der Waals surface area contributed by atoms with E-state index in [1.807, 2.05) is 24.3 Å². The third-order valence-corrected chi connectivity index (χ3v) is 5.37. The summed E-state index contributed by atoms with van der Waals surface area (Å²) in [5.74, 6) is -0.403. The lowest BCUT2D eigenvalue weighted by Crippen LogP contribution is -2.50. The van der Waals surface area contributed by atoms with Crippen LogP contribution in [0.1, 0.15) is 42.6 Å². The van der Waals surface area contributed by atoms with Crippen LogP contribution < -0.4 is 4.90 Å². The summed E-state index contributed by atoms with van der Waals surface area (Å²) in [6.45, 7) is 8.73. The second-order valence-corrected chi connectivity index (χ2v) is 6.88. The van der Waals surface area contributed by atoms with Crippen LogP contribution in [0, 0.1) is 5.82 Å². The molecule has 0 unspecified atom stereocenters. The van der Waals surface area contributed by atoms with Crippen molar-refractivity contribution >= 4 is 11.5 Å². The van der Waals surface area contributed by atoms with E-state index < -0.39 is 0 Å². The number of anilines is 1. The fraction of sp³-hybridized carbons (Fsp3) is 0.409. The molecule has 2 aromatic rings. The first kappa shape index (κ1) is 18.6. The van der Waals surface area contributed by atoms with Gasteiger partial charge in [-0.1, -0.05) is 13.8 Å². The van der Waals surface area contributed by atoms with Gasteiger partial charge in [-0.25, -0.2) is 4.39 Å². The second-order valence-electron chi connectivity index (χ2n) is 6.88. The fourth-order valence-corrected chi connectivity index (χ4v) is 3.74. The number of carbonyl (C=O) groups excluding carboxylic acids is 1. The van der Waals surface area contributed by atoms with Crippen LogP contribution in [-0.2, 0) is 0 Å². The van der Waals surface area contributed by atoms with Gasteiger partial charge in [-0.2, -0.15) is 0 Å². The molecule has 0 amide bonds. The molecule has 4 heteroatoms. The number of hydrogen-bond acceptors (Lipinski definition) is 3. The maximum Gasteiger partial charge on any atom is 0.193 e. The Hall–Kier alpha value is -2.20. The van der Waals surface area contributed by atoms with Crippen LogP contribution in [0.2, 0.25) is 0 Å². The molecule has 1 aliphatic heterocycles. The molecule has 0 N–H and O–H groups in total. The number of piperazine rings is 1. The van der Waals surface area contributed by atoms with Gasteiger partial charge in [0.15, 0.2) is 5.78 Å². The minimum absolute atomic E-state index is 0.0740. The number of benzene rings is 2. The summed E-state index contributed by atoms with van der Waals surface area (Å²) in [7, 11) is 0.